The third-order valence-electron chi connectivity index (χ3n) is 1.51. The minimum Gasteiger partial charge on any atom is -0.271 e. The van der Waals surface area contributed by atoms with Gasteiger partial charge in [-0.25, -0.2) is 0 Å². The van der Waals surface area contributed by atoms with E-state index in [0.29, 0.717) is 5.41 Å². The largest absolute Gasteiger partial charge is 0.271 e. The minimum absolute atomic E-state index is 0.365. The quantitative estimate of drug-likeness (QED) is 0.444. The topological polar surface area (TPSA) is 38.0 Å². The molecule has 0 aromatic heterocycles. The van der Waals surface area contributed by atoms with Crippen LogP contribution in [0.25, 0.3) is 0 Å². The van der Waals surface area contributed by atoms with Crippen LogP contribution < -0.4 is 11.3 Å². The molecule has 0 aliphatic carbocycles. The van der Waals surface area contributed by atoms with Crippen molar-refractivity contribution in [1.82, 2.24) is 5.43 Å². The minimum atomic E-state index is 0.365. The van der Waals surface area contributed by atoms with Crippen molar-refractivity contribution < 1.29 is 0 Å². The molecule has 0 radical (unpaired) electrons. The Labute approximate surface area is 57.8 Å². The van der Waals surface area contributed by atoms with Gasteiger partial charge in [-0.1, -0.05) is 27.2 Å². The summed E-state index contributed by atoms with van der Waals surface area (Å²) in [5.41, 5.74) is 3.06. The lowest BCUT2D eigenvalue weighted by atomic mass is 9.88. The summed E-state index contributed by atoms with van der Waals surface area (Å²) in [5, 5.41) is 0. The molecule has 0 amide bonds. The molecule has 0 unspecified atom stereocenters. The zero-order valence-electron chi connectivity index (χ0n) is 6.70. The Kier molecular flexibility index (Phi) is 3.82. The molecule has 0 aliphatic rings. The van der Waals surface area contributed by atoms with Gasteiger partial charge in [0, 0.05) is 6.54 Å². The van der Waals surface area contributed by atoms with Crippen LogP contribution in [0, 0.1) is 5.41 Å². The zero-order chi connectivity index (χ0) is 7.33. The first-order valence-electron chi connectivity index (χ1n) is 3.56. The van der Waals surface area contributed by atoms with E-state index in [0.717, 1.165) is 6.54 Å². The first-order valence-corrected chi connectivity index (χ1v) is 3.56. The molecule has 9 heavy (non-hydrogen) atoms. The molecule has 0 bridgehead atoms. The molecular formula is C7H18N2. The second kappa shape index (κ2) is 3.85. The molecule has 0 saturated heterocycles. The number of nitrogens with one attached hydrogen (secondary N) is 1. The number of hydrogen-bond acceptors (Lipinski definition) is 2. The third-order valence-corrected chi connectivity index (χ3v) is 1.51. The Bertz CT molecular complexity index is 61.3. The highest BCUT2D eigenvalue weighted by molar-refractivity contribution is 4.68. The molecule has 0 saturated carbocycles. The van der Waals surface area contributed by atoms with Crippen molar-refractivity contribution in [2.24, 2.45) is 11.3 Å². The van der Waals surface area contributed by atoms with Crippen molar-refractivity contribution in [3.8, 4) is 0 Å². The normalized spacial score (nSPS) is 12.0. The van der Waals surface area contributed by atoms with Crippen molar-refractivity contribution in [3.05, 3.63) is 0 Å². The van der Waals surface area contributed by atoms with Gasteiger partial charge in [0.15, 0.2) is 0 Å². The van der Waals surface area contributed by atoms with Crippen molar-refractivity contribution in [2.75, 3.05) is 6.54 Å². The molecule has 0 heterocycles. The lowest BCUT2D eigenvalue weighted by molar-refractivity contribution is 0.313. The van der Waals surface area contributed by atoms with Gasteiger partial charge in [-0.2, -0.15) is 0 Å². The Morgan fingerprint density at radius 3 is 2.33 bits per heavy atom. The molecule has 0 aliphatic heterocycles. The second-order valence-corrected chi connectivity index (χ2v) is 3.30. The van der Waals surface area contributed by atoms with E-state index in [1.807, 2.05) is 0 Å². The van der Waals surface area contributed by atoms with Crippen LogP contribution in [0.5, 0.6) is 0 Å². The fourth-order valence-electron chi connectivity index (χ4n) is 1.04. The zero-order valence-corrected chi connectivity index (χ0v) is 6.70. The molecule has 0 atom stereocenters. The van der Waals surface area contributed by atoms with Crippen LogP contribution in [0.2, 0.25) is 0 Å². The number of hydrogen-bond donors (Lipinski definition) is 2. The molecule has 0 rings (SSSR count). The van der Waals surface area contributed by atoms with Gasteiger partial charge in [-0.15, -0.1) is 0 Å². The molecule has 0 spiro atoms. The van der Waals surface area contributed by atoms with Crippen LogP contribution in [0.1, 0.15) is 33.6 Å². The van der Waals surface area contributed by atoms with E-state index in [1.165, 1.54) is 12.8 Å². The maximum Gasteiger partial charge on any atom is 0.0149 e. The Morgan fingerprint density at radius 1 is 1.44 bits per heavy atom. The van der Waals surface area contributed by atoms with E-state index in [9.17, 15) is 0 Å². The van der Waals surface area contributed by atoms with Gasteiger partial charge in [0.05, 0.1) is 0 Å². The lowest BCUT2D eigenvalue weighted by Gasteiger charge is -2.22. The van der Waals surface area contributed by atoms with Crippen molar-refractivity contribution in [3.63, 3.8) is 0 Å². The molecule has 0 aromatic rings. The molecule has 0 fully saturated rings. The summed E-state index contributed by atoms with van der Waals surface area (Å²) in [7, 11) is 0. The van der Waals surface area contributed by atoms with Gasteiger partial charge >= 0.3 is 0 Å². The van der Waals surface area contributed by atoms with E-state index in [1.54, 1.807) is 0 Å². The molecule has 0 aromatic carbocycles. The first kappa shape index (κ1) is 8.92. The van der Waals surface area contributed by atoms with E-state index < -0.39 is 0 Å². The van der Waals surface area contributed by atoms with E-state index >= 15 is 0 Å². The Hall–Kier alpha value is -0.0800. The smallest absolute Gasteiger partial charge is 0.0149 e. The van der Waals surface area contributed by atoms with Crippen LogP contribution in [-0.4, -0.2) is 6.54 Å². The number of hydrazine groups is 1. The summed E-state index contributed by atoms with van der Waals surface area (Å²) in [5.74, 6) is 5.19. The van der Waals surface area contributed by atoms with Crippen LogP contribution >= 0.6 is 0 Å². The van der Waals surface area contributed by atoms with Crippen LogP contribution in [0.4, 0.5) is 0 Å². The Morgan fingerprint density at radius 2 is 2.00 bits per heavy atom. The maximum atomic E-state index is 5.19. The molecule has 3 N–H and O–H groups in total. The third kappa shape index (κ3) is 4.43. The lowest BCUT2D eigenvalue weighted by Crippen LogP contribution is -2.33. The van der Waals surface area contributed by atoms with Crippen LogP contribution in [0.15, 0.2) is 0 Å². The average Bonchev–Trinajstić information content (AvgIpc) is 1.64. The molecular weight excluding hydrogens is 112 g/mol. The van der Waals surface area contributed by atoms with E-state index in [2.05, 4.69) is 26.2 Å². The van der Waals surface area contributed by atoms with Gasteiger partial charge in [-0.3, -0.25) is 11.3 Å². The van der Waals surface area contributed by atoms with Crippen molar-refractivity contribution in [1.29, 1.82) is 0 Å². The summed E-state index contributed by atoms with van der Waals surface area (Å²) in [6.45, 7) is 7.53. The predicted octanol–water partition coefficient (Wildman–Crippen LogP) is 1.28. The first-order chi connectivity index (χ1) is 4.12. The summed E-state index contributed by atoms with van der Waals surface area (Å²) in [6, 6.07) is 0. The highest BCUT2D eigenvalue weighted by Crippen LogP contribution is 2.19. The van der Waals surface area contributed by atoms with Crippen molar-refractivity contribution >= 4 is 0 Å². The monoisotopic (exact) mass is 130 g/mol. The van der Waals surface area contributed by atoms with Gasteiger partial charge in [0.25, 0.3) is 0 Å². The fraction of sp³-hybridized carbons (Fsp3) is 1.00. The standard InChI is InChI=1S/C7H18N2/c1-4-5-7(2,3)6-9-8/h9H,4-6,8H2,1-3H3. The summed E-state index contributed by atoms with van der Waals surface area (Å²) >= 11 is 0. The average molecular weight is 130 g/mol. The van der Waals surface area contributed by atoms with E-state index in [-0.39, 0.29) is 0 Å². The van der Waals surface area contributed by atoms with Gasteiger partial charge < -0.3 is 0 Å². The van der Waals surface area contributed by atoms with Crippen molar-refractivity contribution in [2.45, 2.75) is 33.6 Å². The van der Waals surface area contributed by atoms with E-state index in [4.69, 9.17) is 5.84 Å². The summed E-state index contributed by atoms with van der Waals surface area (Å²) in [6.07, 6.45) is 2.46. The highest BCUT2D eigenvalue weighted by atomic mass is 15.2. The van der Waals surface area contributed by atoms with Gasteiger partial charge in [0.1, 0.15) is 0 Å². The summed E-state index contributed by atoms with van der Waals surface area (Å²) in [4.78, 5) is 0. The highest BCUT2D eigenvalue weighted by Gasteiger charge is 2.14. The SMILES string of the molecule is CCCC(C)(C)CNN. The summed E-state index contributed by atoms with van der Waals surface area (Å²) < 4.78 is 0. The van der Waals surface area contributed by atoms with Gasteiger partial charge in [-0.05, 0) is 11.8 Å². The Balaban J connectivity index is 3.43. The maximum absolute atomic E-state index is 5.19. The molecule has 56 valence electrons. The van der Waals surface area contributed by atoms with Crippen LogP contribution in [-0.2, 0) is 0 Å². The number of nitrogens with two attached hydrogens (primary N) is 1. The fourth-order valence-corrected chi connectivity index (χ4v) is 1.04. The van der Waals surface area contributed by atoms with Crippen LogP contribution in [0.3, 0.4) is 0 Å². The predicted molar refractivity (Wildman–Crippen MR) is 40.9 cm³/mol. The molecule has 2 heteroatoms. The second-order valence-electron chi connectivity index (χ2n) is 3.30. The van der Waals surface area contributed by atoms with Gasteiger partial charge in [0.2, 0.25) is 0 Å². The molecule has 2 nitrogen and oxygen atoms in total. The number of rotatable bonds is 4.